The third kappa shape index (κ3) is 11.8. The first-order valence-electron chi connectivity index (χ1n) is 6.62. The molecule has 0 amide bonds. The first-order chi connectivity index (χ1) is 8.70. The standard InChI is InChI=1S/C13H24O4S/c1-2-3-9-16-12(14)7-4-5-8-13(15)17-10-6-11-18/h18H,2-11H2,1H3. The van der Waals surface area contributed by atoms with Crippen LogP contribution in [0.25, 0.3) is 0 Å². The minimum atomic E-state index is -0.198. The number of ether oxygens (including phenoxy) is 2. The summed E-state index contributed by atoms with van der Waals surface area (Å²) in [5.41, 5.74) is 0. The van der Waals surface area contributed by atoms with Crippen molar-refractivity contribution in [1.29, 1.82) is 0 Å². The second-order valence-electron chi connectivity index (χ2n) is 4.08. The Bertz CT molecular complexity index is 207. The number of esters is 2. The fraction of sp³-hybridized carbons (Fsp3) is 0.846. The summed E-state index contributed by atoms with van der Waals surface area (Å²) in [4.78, 5) is 22.4. The Hall–Kier alpha value is -0.710. The summed E-state index contributed by atoms with van der Waals surface area (Å²) >= 11 is 4.02. The van der Waals surface area contributed by atoms with Crippen molar-refractivity contribution in [2.45, 2.75) is 51.9 Å². The molecule has 18 heavy (non-hydrogen) atoms. The smallest absolute Gasteiger partial charge is 0.305 e. The van der Waals surface area contributed by atoms with Crippen molar-refractivity contribution >= 4 is 24.6 Å². The first-order valence-corrected chi connectivity index (χ1v) is 7.26. The number of rotatable bonds is 11. The average Bonchev–Trinajstić information content (AvgIpc) is 2.35. The third-order valence-electron chi connectivity index (χ3n) is 2.34. The van der Waals surface area contributed by atoms with Crippen LogP contribution in [0.2, 0.25) is 0 Å². The maximum Gasteiger partial charge on any atom is 0.305 e. The van der Waals surface area contributed by atoms with Gasteiger partial charge in [0.2, 0.25) is 0 Å². The van der Waals surface area contributed by atoms with E-state index in [1.54, 1.807) is 0 Å². The quantitative estimate of drug-likeness (QED) is 0.358. The molecule has 0 heterocycles. The lowest BCUT2D eigenvalue weighted by Gasteiger charge is -2.04. The maximum absolute atomic E-state index is 11.2. The number of hydrogen-bond acceptors (Lipinski definition) is 5. The zero-order chi connectivity index (χ0) is 13.6. The van der Waals surface area contributed by atoms with Crippen molar-refractivity contribution in [3.05, 3.63) is 0 Å². The number of carbonyl (C=O) groups excluding carboxylic acids is 2. The molecule has 5 heteroatoms. The Morgan fingerprint density at radius 3 is 1.83 bits per heavy atom. The van der Waals surface area contributed by atoms with Crippen LogP contribution < -0.4 is 0 Å². The van der Waals surface area contributed by atoms with Crippen LogP contribution in [0, 0.1) is 0 Å². The zero-order valence-corrected chi connectivity index (χ0v) is 12.0. The van der Waals surface area contributed by atoms with Gasteiger partial charge in [-0.3, -0.25) is 9.59 Å². The number of carbonyl (C=O) groups is 2. The van der Waals surface area contributed by atoms with Gasteiger partial charge >= 0.3 is 11.9 Å². The van der Waals surface area contributed by atoms with Crippen LogP contribution in [0.1, 0.15) is 51.9 Å². The number of hydrogen-bond donors (Lipinski definition) is 1. The van der Waals surface area contributed by atoms with E-state index in [2.05, 4.69) is 12.6 Å². The van der Waals surface area contributed by atoms with Crippen molar-refractivity contribution in [1.82, 2.24) is 0 Å². The molecule has 0 saturated heterocycles. The molecule has 4 nitrogen and oxygen atoms in total. The number of unbranched alkanes of at least 4 members (excludes halogenated alkanes) is 2. The topological polar surface area (TPSA) is 52.6 Å². The van der Waals surface area contributed by atoms with E-state index in [9.17, 15) is 9.59 Å². The summed E-state index contributed by atoms with van der Waals surface area (Å²) in [5.74, 6) is 0.347. The molecule has 0 aromatic carbocycles. The van der Waals surface area contributed by atoms with Crippen LogP contribution in [0.5, 0.6) is 0 Å². The van der Waals surface area contributed by atoms with Crippen LogP contribution in [0.3, 0.4) is 0 Å². The molecule has 0 aliphatic carbocycles. The highest BCUT2D eigenvalue weighted by Gasteiger charge is 2.05. The molecule has 0 spiro atoms. The molecule has 0 aromatic heterocycles. The SMILES string of the molecule is CCCCOC(=O)CCCCC(=O)OCCCS. The lowest BCUT2D eigenvalue weighted by Crippen LogP contribution is -2.08. The van der Waals surface area contributed by atoms with Crippen molar-refractivity contribution in [3.8, 4) is 0 Å². The van der Waals surface area contributed by atoms with E-state index in [0.29, 0.717) is 38.9 Å². The van der Waals surface area contributed by atoms with Gasteiger partial charge in [0.25, 0.3) is 0 Å². The Labute approximate surface area is 115 Å². The fourth-order valence-electron chi connectivity index (χ4n) is 1.26. The lowest BCUT2D eigenvalue weighted by molar-refractivity contribution is -0.146. The van der Waals surface area contributed by atoms with Gasteiger partial charge in [-0.25, -0.2) is 0 Å². The highest BCUT2D eigenvalue weighted by Crippen LogP contribution is 2.03. The Morgan fingerprint density at radius 1 is 0.889 bits per heavy atom. The van der Waals surface area contributed by atoms with Gasteiger partial charge in [0.15, 0.2) is 0 Å². The van der Waals surface area contributed by atoms with Gasteiger partial charge in [0.1, 0.15) is 0 Å². The van der Waals surface area contributed by atoms with Gasteiger partial charge in [-0.2, -0.15) is 12.6 Å². The minimum absolute atomic E-state index is 0.174. The van der Waals surface area contributed by atoms with E-state index in [1.807, 2.05) is 6.92 Å². The van der Waals surface area contributed by atoms with E-state index < -0.39 is 0 Å². The third-order valence-corrected chi connectivity index (χ3v) is 2.65. The zero-order valence-electron chi connectivity index (χ0n) is 11.2. The Balaban J connectivity index is 3.32. The van der Waals surface area contributed by atoms with Gasteiger partial charge in [0.05, 0.1) is 13.2 Å². The van der Waals surface area contributed by atoms with Crippen LogP contribution in [0.4, 0.5) is 0 Å². The Morgan fingerprint density at radius 2 is 1.39 bits per heavy atom. The predicted octanol–water partition coefficient (Wildman–Crippen LogP) is 2.75. The molecule has 0 atom stereocenters. The molecule has 0 aliphatic rings. The van der Waals surface area contributed by atoms with Crippen molar-refractivity contribution in [3.63, 3.8) is 0 Å². The molecule has 0 rings (SSSR count). The Kier molecular flexibility index (Phi) is 12.2. The van der Waals surface area contributed by atoms with Gasteiger partial charge in [0, 0.05) is 12.8 Å². The summed E-state index contributed by atoms with van der Waals surface area (Å²) < 4.78 is 9.97. The van der Waals surface area contributed by atoms with Crippen LogP contribution in [0.15, 0.2) is 0 Å². The molecule has 0 radical (unpaired) electrons. The molecule has 0 saturated carbocycles. The molecule has 0 N–H and O–H groups in total. The van der Waals surface area contributed by atoms with Crippen molar-refractivity contribution in [2.24, 2.45) is 0 Å². The van der Waals surface area contributed by atoms with E-state index in [1.165, 1.54) is 0 Å². The summed E-state index contributed by atoms with van der Waals surface area (Å²) in [6, 6.07) is 0. The second kappa shape index (κ2) is 12.7. The minimum Gasteiger partial charge on any atom is -0.466 e. The van der Waals surface area contributed by atoms with Crippen LogP contribution >= 0.6 is 12.6 Å². The molecular weight excluding hydrogens is 252 g/mol. The maximum atomic E-state index is 11.2. The highest BCUT2D eigenvalue weighted by molar-refractivity contribution is 7.80. The molecule has 0 aliphatic heterocycles. The van der Waals surface area contributed by atoms with E-state index in [0.717, 1.165) is 25.0 Å². The summed E-state index contributed by atoms with van der Waals surface area (Å²) in [6.45, 7) is 2.98. The molecular formula is C13H24O4S. The van der Waals surface area contributed by atoms with Crippen LogP contribution in [-0.4, -0.2) is 30.9 Å². The van der Waals surface area contributed by atoms with Crippen molar-refractivity contribution in [2.75, 3.05) is 19.0 Å². The molecule has 0 aromatic rings. The predicted molar refractivity (Wildman–Crippen MR) is 73.8 cm³/mol. The summed E-state index contributed by atoms with van der Waals surface area (Å²) in [6.07, 6.45) is 4.80. The van der Waals surface area contributed by atoms with Gasteiger partial charge in [-0.05, 0) is 31.4 Å². The van der Waals surface area contributed by atoms with Gasteiger partial charge < -0.3 is 9.47 Å². The van der Waals surface area contributed by atoms with Gasteiger partial charge in [-0.15, -0.1) is 0 Å². The van der Waals surface area contributed by atoms with Crippen LogP contribution in [-0.2, 0) is 19.1 Å². The molecule has 106 valence electrons. The average molecular weight is 276 g/mol. The molecule has 0 bridgehead atoms. The van der Waals surface area contributed by atoms with Crippen molar-refractivity contribution < 1.29 is 19.1 Å². The molecule has 0 fully saturated rings. The second-order valence-corrected chi connectivity index (χ2v) is 4.53. The normalized spacial score (nSPS) is 10.1. The molecule has 0 unspecified atom stereocenters. The first kappa shape index (κ1) is 17.3. The van der Waals surface area contributed by atoms with Gasteiger partial charge in [-0.1, -0.05) is 13.3 Å². The van der Waals surface area contributed by atoms with E-state index in [-0.39, 0.29) is 11.9 Å². The monoisotopic (exact) mass is 276 g/mol. The van der Waals surface area contributed by atoms with E-state index in [4.69, 9.17) is 9.47 Å². The summed E-state index contributed by atoms with van der Waals surface area (Å²) in [5, 5.41) is 0. The summed E-state index contributed by atoms with van der Waals surface area (Å²) in [7, 11) is 0. The van der Waals surface area contributed by atoms with E-state index >= 15 is 0 Å². The lowest BCUT2D eigenvalue weighted by atomic mass is 10.2. The number of thiol groups is 1. The fourth-order valence-corrected chi connectivity index (χ4v) is 1.39. The highest BCUT2D eigenvalue weighted by atomic mass is 32.1. The largest absolute Gasteiger partial charge is 0.466 e.